The molecule has 0 spiro atoms. The Morgan fingerprint density at radius 2 is 2.14 bits per heavy atom. The van der Waals surface area contributed by atoms with Gasteiger partial charge in [0.15, 0.2) is 0 Å². The molecule has 1 aromatic heterocycles. The van der Waals surface area contributed by atoms with Crippen LogP contribution in [0.3, 0.4) is 0 Å². The molecule has 0 aromatic carbocycles. The molecule has 4 heteroatoms. The molecule has 0 bridgehead atoms. The van der Waals surface area contributed by atoms with Crippen LogP contribution < -0.4 is 0 Å². The van der Waals surface area contributed by atoms with Gasteiger partial charge in [0.25, 0.3) is 5.91 Å². The molecule has 1 aromatic rings. The minimum absolute atomic E-state index is 0.0231. The average molecular weight is 211 g/mol. The zero-order chi connectivity index (χ0) is 9.97. The van der Waals surface area contributed by atoms with Gasteiger partial charge in [-0.25, -0.2) is 0 Å². The van der Waals surface area contributed by atoms with Crippen molar-refractivity contribution in [2.75, 3.05) is 13.1 Å². The number of carbonyl (C=O) groups is 1. The Morgan fingerprint density at radius 3 is 2.79 bits per heavy atom. The highest BCUT2D eigenvalue weighted by atomic mass is 35.5. The topological polar surface area (TPSA) is 33.2 Å². The van der Waals surface area contributed by atoms with Crippen LogP contribution in [-0.2, 0) is 0 Å². The maximum Gasteiger partial charge on any atom is 0.255 e. The fourth-order valence-corrected chi connectivity index (χ4v) is 1.84. The van der Waals surface area contributed by atoms with E-state index in [9.17, 15) is 4.79 Å². The SMILES string of the molecule is O=C(c1ccncc1Cl)N1CCCC1. The van der Waals surface area contributed by atoms with Crippen molar-refractivity contribution in [1.82, 2.24) is 9.88 Å². The number of likely N-dealkylation sites (tertiary alicyclic amines) is 1. The van der Waals surface area contributed by atoms with Crippen molar-refractivity contribution in [2.24, 2.45) is 0 Å². The minimum atomic E-state index is 0.0231. The molecule has 0 aliphatic carbocycles. The van der Waals surface area contributed by atoms with E-state index < -0.39 is 0 Å². The molecule has 0 radical (unpaired) electrons. The quantitative estimate of drug-likeness (QED) is 0.710. The zero-order valence-corrected chi connectivity index (χ0v) is 8.50. The number of nitrogens with zero attached hydrogens (tertiary/aromatic N) is 2. The first-order valence-electron chi connectivity index (χ1n) is 4.68. The largest absolute Gasteiger partial charge is 0.339 e. The highest BCUT2D eigenvalue weighted by Gasteiger charge is 2.20. The van der Waals surface area contributed by atoms with Crippen molar-refractivity contribution in [3.05, 3.63) is 29.0 Å². The second-order valence-corrected chi connectivity index (χ2v) is 3.76. The van der Waals surface area contributed by atoms with E-state index in [1.54, 1.807) is 12.3 Å². The Bertz CT molecular complexity index is 348. The van der Waals surface area contributed by atoms with E-state index in [2.05, 4.69) is 4.98 Å². The van der Waals surface area contributed by atoms with Gasteiger partial charge in [-0.2, -0.15) is 0 Å². The second kappa shape index (κ2) is 3.96. The van der Waals surface area contributed by atoms with Gasteiger partial charge in [0.2, 0.25) is 0 Å². The third-order valence-corrected chi connectivity index (χ3v) is 2.70. The molecule has 1 amide bonds. The summed E-state index contributed by atoms with van der Waals surface area (Å²) in [5.41, 5.74) is 0.559. The Morgan fingerprint density at radius 1 is 1.43 bits per heavy atom. The number of rotatable bonds is 1. The summed E-state index contributed by atoms with van der Waals surface area (Å²) in [6.45, 7) is 1.69. The number of aromatic nitrogens is 1. The van der Waals surface area contributed by atoms with Gasteiger partial charge < -0.3 is 4.90 Å². The van der Waals surface area contributed by atoms with Crippen LogP contribution in [0.2, 0.25) is 5.02 Å². The molecule has 2 rings (SSSR count). The zero-order valence-electron chi connectivity index (χ0n) is 7.74. The molecule has 1 saturated heterocycles. The third-order valence-electron chi connectivity index (χ3n) is 2.40. The molecule has 1 fully saturated rings. The Hall–Kier alpha value is -1.09. The highest BCUT2D eigenvalue weighted by Crippen LogP contribution is 2.18. The number of carbonyl (C=O) groups excluding carboxylic acids is 1. The molecule has 0 N–H and O–H groups in total. The van der Waals surface area contributed by atoms with Gasteiger partial charge in [-0.05, 0) is 18.9 Å². The van der Waals surface area contributed by atoms with E-state index in [-0.39, 0.29) is 5.91 Å². The van der Waals surface area contributed by atoms with Crippen LogP contribution >= 0.6 is 11.6 Å². The average Bonchev–Trinajstić information content (AvgIpc) is 2.70. The van der Waals surface area contributed by atoms with Crippen LogP contribution in [0.15, 0.2) is 18.5 Å². The summed E-state index contributed by atoms with van der Waals surface area (Å²) < 4.78 is 0. The fraction of sp³-hybridized carbons (Fsp3) is 0.400. The summed E-state index contributed by atoms with van der Waals surface area (Å²) in [6.07, 6.45) is 5.28. The molecule has 3 nitrogen and oxygen atoms in total. The van der Waals surface area contributed by atoms with Gasteiger partial charge in [-0.1, -0.05) is 11.6 Å². The molecule has 74 valence electrons. The van der Waals surface area contributed by atoms with E-state index in [1.807, 2.05) is 4.90 Å². The summed E-state index contributed by atoms with van der Waals surface area (Å²) >= 11 is 5.89. The predicted molar refractivity (Wildman–Crippen MR) is 54.4 cm³/mol. The molecule has 1 aliphatic heterocycles. The lowest BCUT2D eigenvalue weighted by Crippen LogP contribution is -2.27. The van der Waals surface area contributed by atoms with Crippen LogP contribution in [0.25, 0.3) is 0 Å². The van der Waals surface area contributed by atoms with Gasteiger partial charge >= 0.3 is 0 Å². The Kier molecular flexibility index (Phi) is 2.68. The molecule has 0 unspecified atom stereocenters. The van der Waals surface area contributed by atoms with Crippen LogP contribution in [0, 0.1) is 0 Å². The van der Waals surface area contributed by atoms with Gasteiger partial charge in [0.05, 0.1) is 10.6 Å². The monoisotopic (exact) mass is 210 g/mol. The van der Waals surface area contributed by atoms with Crippen LogP contribution in [0.5, 0.6) is 0 Å². The van der Waals surface area contributed by atoms with Gasteiger partial charge in [0, 0.05) is 25.5 Å². The lowest BCUT2D eigenvalue weighted by Gasteiger charge is -2.15. The van der Waals surface area contributed by atoms with E-state index >= 15 is 0 Å². The molecular formula is C10H11ClN2O. The summed E-state index contributed by atoms with van der Waals surface area (Å²) in [5, 5.41) is 0.435. The van der Waals surface area contributed by atoms with E-state index in [4.69, 9.17) is 11.6 Å². The molecular weight excluding hydrogens is 200 g/mol. The van der Waals surface area contributed by atoms with Gasteiger partial charge in [-0.15, -0.1) is 0 Å². The smallest absolute Gasteiger partial charge is 0.255 e. The van der Waals surface area contributed by atoms with Crippen molar-refractivity contribution in [3.63, 3.8) is 0 Å². The van der Waals surface area contributed by atoms with Crippen molar-refractivity contribution in [1.29, 1.82) is 0 Å². The molecule has 2 heterocycles. The third kappa shape index (κ3) is 1.73. The van der Waals surface area contributed by atoms with E-state index in [0.29, 0.717) is 10.6 Å². The number of pyridine rings is 1. The molecule has 0 atom stereocenters. The van der Waals surface area contributed by atoms with Crippen molar-refractivity contribution in [2.45, 2.75) is 12.8 Å². The highest BCUT2D eigenvalue weighted by molar-refractivity contribution is 6.33. The first kappa shape index (κ1) is 9.46. The lowest BCUT2D eigenvalue weighted by molar-refractivity contribution is 0.0793. The van der Waals surface area contributed by atoms with E-state index in [0.717, 1.165) is 25.9 Å². The van der Waals surface area contributed by atoms with Crippen molar-refractivity contribution < 1.29 is 4.79 Å². The maximum atomic E-state index is 11.9. The summed E-state index contributed by atoms with van der Waals surface area (Å²) in [7, 11) is 0. The maximum absolute atomic E-state index is 11.9. The summed E-state index contributed by atoms with van der Waals surface area (Å²) in [5.74, 6) is 0.0231. The second-order valence-electron chi connectivity index (χ2n) is 3.35. The fourth-order valence-electron chi connectivity index (χ4n) is 1.64. The standard InChI is InChI=1S/C10H11ClN2O/c11-9-7-12-4-3-8(9)10(14)13-5-1-2-6-13/h3-4,7H,1-2,5-6H2. The van der Waals surface area contributed by atoms with E-state index in [1.165, 1.54) is 6.20 Å². The van der Waals surface area contributed by atoms with Gasteiger partial charge in [0.1, 0.15) is 0 Å². The molecule has 14 heavy (non-hydrogen) atoms. The normalized spacial score (nSPS) is 15.9. The Balaban J connectivity index is 2.22. The number of amides is 1. The predicted octanol–water partition coefficient (Wildman–Crippen LogP) is 1.97. The number of hydrogen-bond donors (Lipinski definition) is 0. The first-order valence-corrected chi connectivity index (χ1v) is 5.05. The first-order chi connectivity index (χ1) is 6.79. The lowest BCUT2D eigenvalue weighted by atomic mass is 10.2. The van der Waals surface area contributed by atoms with Gasteiger partial charge in [-0.3, -0.25) is 9.78 Å². The number of halogens is 1. The minimum Gasteiger partial charge on any atom is -0.339 e. The number of hydrogen-bond acceptors (Lipinski definition) is 2. The Labute approximate surface area is 87.7 Å². The van der Waals surface area contributed by atoms with Crippen LogP contribution in [-0.4, -0.2) is 28.9 Å². The van der Waals surface area contributed by atoms with Crippen LogP contribution in [0.1, 0.15) is 23.2 Å². The van der Waals surface area contributed by atoms with Crippen molar-refractivity contribution in [3.8, 4) is 0 Å². The summed E-state index contributed by atoms with van der Waals surface area (Å²) in [4.78, 5) is 17.6. The molecule has 1 aliphatic rings. The van der Waals surface area contributed by atoms with Crippen molar-refractivity contribution >= 4 is 17.5 Å². The van der Waals surface area contributed by atoms with Crippen LogP contribution in [0.4, 0.5) is 0 Å². The summed E-state index contributed by atoms with van der Waals surface area (Å²) in [6, 6.07) is 1.67. The molecule has 0 saturated carbocycles.